The number of nitrogens with one attached hydrogen (secondary N) is 1. The SMILES string of the molecule is CC(C)CNCc1ccccc1N(C)CCO. The molecule has 0 fully saturated rings. The average molecular weight is 236 g/mol. The summed E-state index contributed by atoms with van der Waals surface area (Å²) in [7, 11) is 2.01. The van der Waals surface area contributed by atoms with Gasteiger partial charge in [-0.2, -0.15) is 0 Å². The van der Waals surface area contributed by atoms with Gasteiger partial charge in [0.05, 0.1) is 6.61 Å². The summed E-state index contributed by atoms with van der Waals surface area (Å²) in [5, 5.41) is 12.4. The van der Waals surface area contributed by atoms with Crippen LogP contribution in [-0.4, -0.2) is 31.9 Å². The van der Waals surface area contributed by atoms with Crippen molar-refractivity contribution in [2.45, 2.75) is 20.4 Å². The molecule has 0 radical (unpaired) electrons. The van der Waals surface area contributed by atoms with E-state index in [-0.39, 0.29) is 6.61 Å². The van der Waals surface area contributed by atoms with Gasteiger partial charge in [-0.1, -0.05) is 32.0 Å². The lowest BCUT2D eigenvalue weighted by atomic mass is 10.1. The summed E-state index contributed by atoms with van der Waals surface area (Å²) >= 11 is 0. The molecule has 0 amide bonds. The number of anilines is 1. The predicted octanol–water partition coefficient (Wildman–Crippen LogP) is 1.86. The van der Waals surface area contributed by atoms with Crippen LogP contribution in [0.15, 0.2) is 24.3 Å². The minimum Gasteiger partial charge on any atom is -0.395 e. The van der Waals surface area contributed by atoms with E-state index in [2.05, 4.69) is 42.3 Å². The van der Waals surface area contributed by atoms with Gasteiger partial charge in [0.1, 0.15) is 0 Å². The third-order valence-electron chi connectivity index (χ3n) is 2.71. The molecule has 0 bridgehead atoms. The van der Waals surface area contributed by atoms with Gasteiger partial charge in [0.2, 0.25) is 0 Å². The lowest BCUT2D eigenvalue weighted by molar-refractivity contribution is 0.304. The smallest absolute Gasteiger partial charge is 0.0606 e. The highest BCUT2D eigenvalue weighted by Gasteiger charge is 2.06. The molecule has 96 valence electrons. The first kappa shape index (κ1) is 14.0. The molecule has 3 heteroatoms. The van der Waals surface area contributed by atoms with Crippen LogP contribution in [0.2, 0.25) is 0 Å². The van der Waals surface area contributed by atoms with Crippen molar-refractivity contribution in [3.63, 3.8) is 0 Å². The molecule has 3 nitrogen and oxygen atoms in total. The number of hydrogen-bond donors (Lipinski definition) is 2. The minimum absolute atomic E-state index is 0.185. The number of benzene rings is 1. The quantitative estimate of drug-likeness (QED) is 0.758. The molecule has 2 N–H and O–H groups in total. The number of nitrogens with zero attached hydrogens (tertiary/aromatic N) is 1. The second-order valence-corrected chi connectivity index (χ2v) is 4.80. The highest BCUT2D eigenvalue weighted by Crippen LogP contribution is 2.18. The van der Waals surface area contributed by atoms with E-state index in [4.69, 9.17) is 5.11 Å². The molecule has 0 saturated carbocycles. The van der Waals surface area contributed by atoms with Crippen molar-refractivity contribution in [1.29, 1.82) is 0 Å². The Balaban J connectivity index is 2.63. The van der Waals surface area contributed by atoms with E-state index < -0.39 is 0 Å². The summed E-state index contributed by atoms with van der Waals surface area (Å²) in [6.45, 7) is 7.17. The number of hydrogen-bond acceptors (Lipinski definition) is 3. The van der Waals surface area contributed by atoms with Gasteiger partial charge < -0.3 is 15.3 Å². The first-order chi connectivity index (χ1) is 8.15. The van der Waals surface area contributed by atoms with Gasteiger partial charge in [-0.25, -0.2) is 0 Å². The van der Waals surface area contributed by atoms with E-state index >= 15 is 0 Å². The summed E-state index contributed by atoms with van der Waals surface area (Å²) in [6.07, 6.45) is 0. The van der Waals surface area contributed by atoms with Crippen LogP contribution in [0.5, 0.6) is 0 Å². The highest BCUT2D eigenvalue weighted by atomic mass is 16.3. The van der Waals surface area contributed by atoms with Crippen LogP contribution in [0.25, 0.3) is 0 Å². The Morgan fingerprint density at radius 3 is 2.65 bits per heavy atom. The Kier molecular flexibility index (Phi) is 6.01. The van der Waals surface area contributed by atoms with Crippen LogP contribution >= 0.6 is 0 Å². The topological polar surface area (TPSA) is 35.5 Å². The Hall–Kier alpha value is -1.06. The van der Waals surface area contributed by atoms with Gasteiger partial charge in [-0.05, 0) is 24.1 Å². The van der Waals surface area contributed by atoms with Crippen molar-refractivity contribution in [3.8, 4) is 0 Å². The molecular formula is C14H24N2O. The monoisotopic (exact) mass is 236 g/mol. The fourth-order valence-electron chi connectivity index (χ4n) is 1.80. The number of aliphatic hydroxyl groups excluding tert-OH is 1. The maximum atomic E-state index is 8.98. The Labute approximate surface area is 104 Å². The average Bonchev–Trinajstić information content (AvgIpc) is 2.29. The molecule has 0 atom stereocenters. The molecular weight excluding hydrogens is 212 g/mol. The maximum Gasteiger partial charge on any atom is 0.0606 e. The standard InChI is InChI=1S/C14H24N2O/c1-12(2)10-15-11-13-6-4-5-7-14(13)16(3)8-9-17/h4-7,12,15,17H,8-11H2,1-3H3. The van der Waals surface area contributed by atoms with Gasteiger partial charge in [-0.15, -0.1) is 0 Å². The number of likely N-dealkylation sites (N-methyl/N-ethyl adjacent to an activating group) is 1. The van der Waals surface area contributed by atoms with Crippen LogP contribution in [0.3, 0.4) is 0 Å². The van der Waals surface area contributed by atoms with E-state index in [1.165, 1.54) is 11.3 Å². The van der Waals surface area contributed by atoms with Gasteiger partial charge >= 0.3 is 0 Å². The van der Waals surface area contributed by atoms with Crippen molar-refractivity contribution in [1.82, 2.24) is 5.32 Å². The second-order valence-electron chi connectivity index (χ2n) is 4.80. The van der Waals surface area contributed by atoms with Gasteiger partial charge in [-0.3, -0.25) is 0 Å². The van der Waals surface area contributed by atoms with E-state index in [0.29, 0.717) is 12.5 Å². The van der Waals surface area contributed by atoms with Crippen molar-refractivity contribution in [2.75, 3.05) is 31.6 Å². The van der Waals surface area contributed by atoms with Crippen molar-refractivity contribution in [3.05, 3.63) is 29.8 Å². The fourth-order valence-corrected chi connectivity index (χ4v) is 1.80. The summed E-state index contributed by atoms with van der Waals surface area (Å²) in [5.74, 6) is 0.664. The molecule has 1 rings (SSSR count). The van der Waals surface area contributed by atoms with Crippen molar-refractivity contribution in [2.24, 2.45) is 5.92 Å². The Bertz CT molecular complexity index is 326. The lowest BCUT2D eigenvalue weighted by Gasteiger charge is -2.22. The molecule has 0 aliphatic rings. The van der Waals surface area contributed by atoms with Crippen LogP contribution < -0.4 is 10.2 Å². The number of aliphatic hydroxyl groups is 1. The first-order valence-corrected chi connectivity index (χ1v) is 6.25. The zero-order valence-corrected chi connectivity index (χ0v) is 11.1. The van der Waals surface area contributed by atoms with Gasteiger partial charge in [0, 0.05) is 25.8 Å². The fraction of sp³-hybridized carbons (Fsp3) is 0.571. The maximum absolute atomic E-state index is 8.98. The van der Waals surface area contributed by atoms with E-state index in [0.717, 1.165) is 13.1 Å². The minimum atomic E-state index is 0.185. The predicted molar refractivity (Wildman–Crippen MR) is 73.3 cm³/mol. The summed E-state index contributed by atoms with van der Waals surface area (Å²) < 4.78 is 0. The lowest BCUT2D eigenvalue weighted by Crippen LogP contribution is -2.25. The zero-order valence-electron chi connectivity index (χ0n) is 11.1. The van der Waals surface area contributed by atoms with E-state index in [1.54, 1.807) is 0 Å². The summed E-state index contributed by atoms with van der Waals surface area (Å²) in [4.78, 5) is 2.09. The van der Waals surface area contributed by atoms with Crippen LogP contribution in [0.4, 0.5) is 5.69 Å². The van der Waals surface area contributed by atoms with Gasteiger partial charge in [0.15, 0.2) is 0 Å². The van der Waals surface area contributed by atoms with Crippen LogP contribution in [0.1, 0.15) is 19.4 Å². The summed E-state index contributed by atoms with van der Waals surface area (Å²) in [5.41, 5.74) is 2.47. The molecule has 0 heterocycles. The van der Waals surface area contributed by atoms with Crippen molar-refractivity contribution < 1.29 is 5.11 Å². The third-order valence-corrected chi connectivity index (χ3v) is 2.71. The molecule has 0 aliphatic carbocycles. The Morgan fingerprint density at radius 2 is 2.00 bits per heavy atom. The first-order valence-electron chi connectivity index (χ1n) is 6.25. The summed E-state index contributed by atoms with van der Waals surface area (Å²) in [6, 6.07) is 8.33. The van der Waals surface area contributed by atoms with Crippen LogP contribution in [0, 0.1) is 5.92 Å². The third kappa shape index (κ3) is 4.75. The molecule has 1 aromatic carbocycles. The molecule has 0 aliphatic heterocycles. The Morgan fingerprint density at radius 1 is 1.29 bits per heavy atom. The van der Waals surface area contributed by atoms with E-state index in [9.17, 15) is 0 Å². The largest absolute Gasteiger partial charge is 0.395 e. The van der Waals surface area contributed by atoms with Crippen LogP contribution in [-0.2, 0) is 6.54 Å². The molecule has 0 spiro atoms. The molecule has 0 aromatic heterocycles. The normalized spacial score (nSPS) is 10.9. The number of rotatable bonds is 7. The molecule has 17 heavy (non-hydrogen) atoms. The molecule has 0 unspecified atom stereocenters. The second kappa shape index (κ2) is 7.30. The number of para-hydroxylation sites is 1. The highest BCUT2D eigenvalue weighted by molar-refractivity contribution is 5.52. The molecule has 1 aromatic rings. The van der Waals surface area contributed by atoms with Gasteiger partial charge in [0.25, 0.3) is 0 Å². The zero-order chi connectivity index (χ0) is 12.7. The molecule has 0 saturated heterocycles. The van der Waals surface area contributed by atoms with Crippen molar-refractivity contribution >= 4 is 5.69 Å². The van der Waals surface area contributed by atoms with E-state index in [1.807, 2.05) is 13.1 Å².